The number of carbonyl (C=O) groups is 2. The first-order valence-electron chi connectivity index (χ1n) is 7.35. The molecule has 0 saturated heterocycles. The summed E-state index contributed by atoms with van der Waals surface area (Å²) in [6, 6.07) is 8.94. The largest absolute Gasteiger partial charge is 0.361 e. The molecule has 0 saturated carbocycles. The van der Waals surface area contributed by atoms with Crippen molar-refractivity contribution in [2.24, 2.45) is 0 Å². The van der Waals surface area contributed by atoms with E-state index in [0.29, 0.717) is 10.6 Å². The highest BCUT2D eigenvalue weighted by atomic mass is 32.1. The number of rotatable bonds is 3. The molecule has 3 rings (SSSR count). The maximum absolute atomic E-state index is 13.5. The Morgan fingerprint density at radius 3 is 2.48 bits per heavy atom. The van der Waals surface area contributed by atoms with Crippen LogP contribution in [0.5, 0.6) is 0 Å². The Morgan fingerprint density at radius 1 is 1.08 bits per heavy atom. The van der Waals surface area contributed by atoms with Gasteiger partial charge in [0.15, 0.2) is 0 Å². The van der Waals surface area contributed by atoms with E-state index in [4.69, 9.17) is 4.52 Å². The van der Waals surface area contributed by atoms with Crippen molar-refractivity contribution in [3.8, 4) is 10.4 Å². The molecule has 0 aliphatic carbocycles. The number of hydrogen-bond acceptors (Lipinski definition) is 5. The number of hydrogen-bond donors (Lipinski definition) is 2. The fourth-order valence-corrected chi connectivity index (χ4v) is 3.36. The second kappa shape index (κ2) is 6.86. The van der Waals surface area contributed by atoms with Gasteiger partial charge >= 0.3 is 0 Å². The molecule has 6 nitrogen and oxygen atoms in total. The van der Waals surface area contributed by atoms with Crippen molar-refractivity contribution in [3.05, 3.63) is 64.1 Å². The number of benzene rings is 1. The van der Waals surface area contributed by atoms with Gasteiger partial charge in [0, 0.05) is 4.88 Å². The molecule has 2 heterocycles. The monoisotopic (exact) mass is 359 g/mol. The summed E-state index contributed by atoms with van der Waals surface area (Å²) in [6.07, 6.45) is 0. The van der Waals surface area contributed by atoms with Gasteiger partial charge in [-0.15, -0.1) is 11.3 Å². The zero-order chi connectivity index (χ0) is 18.0. The Labute approximate surface area is 146 Å². The Bertz CT molecular complexity index is 929. The van der Waals surface area contributed by atoms with Gasteiger partial charge in [0.2, 0.25) is 0 Å². The van der Waals surface area contributed by atoms with Gasteiger partial charge in [-0.25, -0.2) is 4.39 Å². The lowest BCUT2D eigenvalue weighted by atomic mass is 10.2. The fourth-order valence-electron chi connectivity index (χ4n) is 2.32. The summed E-state index contributed by atoms with van der Waals surface area (Å²) in [5, 5.41) is 3.89. The van der Waals surface area contributed by atoms with Gasteiger partial charge in [-0.2, -0.15) is 0 Å². The number of nitrogens with zero attached hydrogens (tertiary/aromatic N) is 1. The third-order valence-corrected chi connectivity index (χ3v) is 4.62. The summed E-state index contributed by atoms with van der Waals surface area (Å²) in [4.78, 5) is 25.3. The zero-order valence-corrected chi connectivity index (χ0v) is 14.2. The van der Waals surface area contributed by atoms with E-state index in [0.717, 1.165) is 16.1 Å². The molecule has 128 valence electrons. The summed E-state index contributed by atoms with van der Waals surface area (Å²) in [5.41, 5.74) is 5.91. The molecule has 2 N–H and O–H groups in total. The maximum atomic E-state index is 13.5. The van der Waals surface area contributed by atoms with Gasteiger partial charge < -0.3 is 4.52 Å². The molecule has 3 aromatic rings. The Kier molecular flexibility index (Phi) is 4.62. The van der Waals surface area contributed by atoms with Crippen LogP contribution in [0.4, 0.5) is 4.39 Å². The van der Waals surface area contributed by atoms with Crippen molar-refractivity contribution in [3.63, 3.8) is 0 Å². The number of hydrazine groups is 1. The van der Waals surface area contributed by atoms with Crippen LogP contribution in [-0.4, -0.2) is 17.0 Å². The number of thiophene rings is 1. The third kappa shape index (κ3) is 3.43. The topological polar surface area (TPSA) is 84.2 Å². The molecule has 0 fully saturated rings. The number of nitrogens with one attached hydrogen (secondary N) is 2. The summed E-state index contributed by atoms with van der Waals surface area (Å²) in [7, 11) is 0. The lowest BCUT2D eigenvalue weighted by molar-refractivity contribution is 0.0846. The highest BCUT2D eigenvalue weighted by Crippen LogP contribution is 2.32. The summed E-state index contributed by atoms with van der Waals surface area (Å²) < 4.78 is 18.7. The standard InChI is InChI=1S/C17H14FN3O3S/c1-9-15(10(2)24-21-9)13-7-8-14(25-13)17(23)20-19-16(22)11-5-3-4-6-12(11)18/h3-8H,1-2H3,(H,19,22)(H,20,23). The molecular formula is C17H14FN3O3S. The Morgan fingerprint density at radius 2 is 1.80 bits per heavy atom. The van der Waals surface area contributed by atoms with Gasteiger partial charge in [-0.05, 0) is 38.1 Å². The van der Waals surface area contributed by atoms with Gasteiger partial charge in [0.05, 0.1) is 21.7 Å². The first kappa shape index (κ1) is 16.8. The Hall–Kier alpha value is -3.00. The van der Waals surface area contributed by atoms with Crippen molar-refractivity contribution in [2.45, 2.75) is 13.8 Å². The fraction of sp³-hybridized carbons (Fsp3) is 0.118. The molecule has 0 atom stereocenters. The van der Waals surface area contributed by atoms with Gasteiger partial charge in [0.25, 0.3) is 11.8 Å². The molecule has 0 radical (unpaired) electrons. The first-order chi connectivity index (χ1) is 12.0. The summed E-state index contributed by atoms with van der Waals surface area (Å²) in [5.74, 6) is -1.22. The maximum Gasteiger partial charge on any atom is 0.279 e. The molecule has 0 aliphatic rings. The van der Waals surface area contributed by atoms with E-state index < -0.39 is 17.6 Å². The zero-order valence-electron chi connectivity index (χ0n) is 13.4. The number of aryl methyl sites for hydroxylation is 2. The number of amides is 2. The van der Waals surface area contributed by atoms with Gasteiger partial charge in [-0.3, -0.25) is 20.4 Å². The average molecular weight is 359 g/mol. The van der Waals surface area contributed by atoms with Crippen molar-refractivity contribution in [1.82, 2.24) is 16.0 Å². The predicted octanol–water partition coefficient (Wildman–Crippen LogP) is 3.23. The average Bonchev–Trinajstić information content (AvgIpc) is 3.19. The van der Waals surface area contributed by atoms with E-state index in [1.54, 1.807) is 19.1 Å². The van der Waals surface area contributed by atoms with Crippen LogP contribution < -0.4 is 10.9 Å². The third-order valence-electron chi connectivity index (χ3n) is 3.52. The second-order valence-corrected chi connectivity index (χ2v) is 6.33. The smallest absolute Gasteiger partial charge is 0.279 e. The summed E-state index contributed by atoms with van der Waals surface area (Å²) >= 11 is 1.24. The molecule has 0 unspecified atom stereocenters. The highest BCUT2D eigenvalue weighted by Gasteiger charge is 2.17. The molecule has 25 heavy (non-hydrogen) atoms. The minimum atomic E-state index is -0.728. The van der Waals surface area contributed by atoms with Crippen LogP contribution in [0.2, 0.25) is 0 Å². The Balaban J connectivity index is 1.69. The van der Waals surface area contributed by atoms with E-state index >= 15 is 0 Å². The van der Waals surface area contributed by atoms with Crippen LogP contribution in [0.3, 0.4) is 0 Å². The molecule has 0 bridgehead atoms. The first-order valence-corrected chi connectivity index (χ1v) is 8.17. The van der Waals surface area contributed by atoms with Crippen molar-refractivity contribution < 1.29 is 18.5 Å². The normalized spacial score (nSPS) is 10.5. The van der Waals surface area contributed by atoms with Crippen LogP contribution in [0, 0.1) is 19.7 Å². The van der Waals surface area contributed by atoms with E-state index in [9.17, 15) is 14.0 Å². The minimum absolute atomic E-state index is 0.148. The number of halogens is 1. The van der Waals surface area contributed by atoms with E-state index in [-0.39, 0.29) is 5.56 Å². The SMILES string of the molecule is Cc1noc(C)c1-c1ccc(C(=O)NNC(=O)c2ccccc2F)s1. The molecule has 1 aromatic carbocycles. The van der Waals surface area contributed by atoms with E-state index in [1.807, 2.05) is 6.92 Å². The minimum Gasteiger partial charge on any atom is -0.361 e. The molecule has 0 aliphatic heterocycles. The van der Waals surface area contributed by atoms with Crippen LogP contribution in [0.1, 0.15) is 31.5 Å². The quantitative estimate of drug-likeness (QED) is 0.703. The van der Waals surface area contributed by atoms with Crippen LogP contribution in [-0.2, 0) is 0 Å². The number of carbonyl (C=O) groups excluding carboxylic acids is 2. The van der Waals surface area contributed by atoms with Crippen LogP contribution in [0.25, 0.3) is 10.4 Å². The van der Waals surface area contributed by atoms with Crippen LogP contribution >= 0.6 is 11.3 Å². The molecule has 2 aromatic heterocycles. The van der Waals surface area contributed by atoms with Gasteiger partial charge in [-0.1, -0.05) is 17.3 Å². The lowest BCUT2D eigenvalue weighted by Crippen LogP contribution is -2.41. The predicted molar refractivity (Wildman–Crippen MR) is 90.6 cm³/mol. The molecule has 8 heteroatoms. The lowest BCUT2D eigenvalue weighted by Gasteiger charge is -2.06. The van der Waals surface area contributed by atoms with Crippen LogP contribution in [0.15, 0.2) is 40.9 Å². The summed E-state index contributed by atoms with van der Waals surface area (Å²) in [6.45, 7) is 3.61. The number of aromatic nitrogens is 1. The van der Waals surface area contributed by atoms with Crippen molar-refractivity contribution in [1.29, 1.82) is 0 Å². The van der Waals surface area contributed by atoms with Gasteiger partial charge in [0.1, 0.15) is 11.6 Å². The molecule has 0 spiro atoms. The van der Waals surface area contributed by atoms with Crippen molar-refractivity contribution >= 4 is 23.2 Å². The molecule has 2 amide bonds. The molecular weight excluding hydrogens is 345 g/mol. The van der Waals surface area contributed by atoms with E-state index in [2.05, 4.69) is 16.0 Å². The van der Waals surface area contributed by atoms with E-state index in [1.165, 1.54) is 35.6 Å². The van der Waals surface area contributed by atoms with Crippen molar-refractivity contribution in [2.75, 3.05) is 0 Å². The second-order valence-electron chi connectivity index (χ2n) is 5.25. The highest BCUT2D eigenvalue weighted by molar-refractivity contribution is 7.17.